The first-order chi connectivity index (χ1) is 8.10. The molecule has 0 unspecified atom stereocenters. The lowest BCUT2D eigenvalue weighted by Crippen LogP contribution is -2.26. The highest BCUT2D eigenvalue weighted by atomic mass is 32.2. The Morgan fingerprint density at radius 2 is 2.12 bits per heavy atom. The SMILES string of the molecule is COc1ccccc1S/C(NN)=C(/N)C(=O)O. The molecule has 17 heavy (non-hydrogen) atoms. The summed E-state index contributed by atoms with van der Waals surface area (Å²) in [5, 5.41) is 8.92. The lowest BCUT2D eigenvalue weighted by molar-refractivity contribution is -0.132. The molecule has 0 heterocycles. The van der Waals surface area contributed by atoms with E-state index in [9.17, 15) is 4.79 Å². The van der Waals surface area contributed by atoms with E-state index >= 15 is 0 Å². The van der Waals surface area contributed by atoms with Gasteiger partial charge in [-0.2, -0.15) is 0 Å². The van der Waals surface area contributed by atoms with Gasteiger partial charge in [0, 0.05) is 0 Å². The van der Waals surface area contributed by atoms with Crippen LogP contribution in [-0.2, 0) is 4.79 Å². The second-order valence-corrected chi connectivity index (χ2v) is 4.00. The zero-order chi connectivity index (χ0) is 12.8. The summed E-state index contributed by atoms with van der Waals surface area (Å²) in [4.78, 5) is 11.4. The molecule has 0 atom stereocenters. The molecule has 0 aliphatic rings. The standard InChI is InChI=1S/C10H13N3O3S/c1-16-6-4-2-3-5-7(6)17-9(13-12)8(11)10(14)15/h2-5,13H,11-12H2,1H3,(H,14,15)/b9-8+. The van der Waals surface area contributed by atoms with Crippen LogP contribution in [0.4, 0.5) is 0 Å². The average molecular weight is 255 g/mol. The van der Waals surface area contributed by atoms with Gasteiger partial charge in [0.1, 0.15) is 16.5 Å². The molecule has 0 saturated carbocycles. The van der Waals surface area contributed by atoms with Crippen LogP contribution in [0.5, 0.6) is 5.75 Å². The van der Waals surface area contributed by atoms with Crippen LogP contribution in [0.25, 0.3) is 0 Å². The molecule has 6 nitrogen and oxygen atoms in total. The van der Waals surface area contributed by atoms with Crippen LogP contribution in [0.1, 0.15) is 0 Å². The van der Waals surface area contributed by atoms with Crippen LogP contribution >= 0.6 is 11.8 Å². The van der Waals surface area contributed by atoms with Gasteiger partial charge in [-0.15, -0.1) is 0 Å². The van der Waals surface area contributed by atoms with Crippen molar-refractivity contribution in [2.45, 2.75) is 4.90 Å². The van der Waals surface area contributed by atoms with Gasteiger partial charge in [-0.1, -0.05) is 23.9 Å². The van der Waals surface area contributed by atoms with Gasteiger partial charge in [-0.25, -0.2) is 10.6 Å². The predicted molar refractivity (Wildman–Crippen MR) is 65.0 cm³/mol. The lowest BCUT2D eigenvalue weighted by atomic mass is 10.3. The van der Waals surface area contributed by atoms with Crippen molar-refractivity contribution in [2.24, 2.45) is 11.6 Å². The van der Waals surface area contributed by atoms with Crippen LogP contribution in [0, 0.1) is 0 Å². The van der Waals surface area contributed by atoms with Gasteiger partial charge in [-0.05, 0) is 12.1 Å². The quantitative estimate of drug-likeness (QED) is 0.262. The molecular formula is C10H13N3O3S. The van der Waals surface area contributed by atoms with Crippen molar-refractivity contribution >= 4 is 17.7 Å². The van der Waals surface area contributed by atoms with Crippen LogP contribution in [0.2, 0.25) is 0 Å². The smallest absolute Gasteiger partial charge is 0.354 e. The van der Waals surface area contributed by atoms with Crippen molar-refractivity contribution in [1.82, 2.24) is 5.43 Å². The Bertz CT molecular complexity index is 448. The number of para-hydroxylation sites is 1. The Morgan fingerprint density at radius 1 is 1.47 bits per heavy atom. The maximum absolute atomic E-state index is 10.7. The van der Waals surface area contributed by atoms with E-state index in [1.807, 2.05) is 6.07 Å². The summed E-state index contributed by atoms with van der Waals surface area (Å²) < 4.78 is 5.13. The van der Waals surface area contributed by atoms with Crippen molar-refractivity contribution < 1.29 is 14.6 Å². The van der Waals surface area contributed by atoms with Gasteiger partial charge in [0.05, 0.1) is 12.0 Å². The Morgan fingerprint density at radius 3 is 2.65 bits per heavy atom. The van der Waals surface area contributed by atoms with E-state index in [0.717, 1.165) is 11.8 Å². The molecule has 0 spiro atoms. The summed E-state index contributed by atoms with van der Waals surface area (Å²) in [6, 6.07) is 7.14. The lowest BCUT2D eigenvalue weighted by Gasteiger charge is -2.11. The molecule has 1 aromatic rings. The number of ether oxygens (including phenoxy) is 1. The van der Waals surface area contributed by atoms with E-state index in [0.29, 0.717) is 10.6 Å². The predicted octanol–water partition coefficient (Wildman–Crippen LogP) is 0.463. The number of rotatable bonds is 5. The molecule has 0 fully saturated rings. The van der Waals surface area contributed by atoms with E-state index in [-0.39, 0.29) is 10.7 Å². The van der Waals surface area contributed by atoms with Crippen molar-refractivity contribution in [2.75, 3.05) is 7.11 Å². The summed E-state index contributed by atoms with van der Waals surface area (Å²) in [6.07, 6.45) is 0. The molecule has 0 aromatic heterocycles. The maximum Gasteiger partial charge on any atom is 0.354 e. The molecule has 0 bridgehead atoms. The fourth-order valence-electron chi connectivity index (χ4n) is 1.07. The summed E-state index contributed by atoms with van der Waals surface area (Å²) in [5.41, 5.74) is 7.31. The fourth-order valence-corrected chi connectivity index (χ4v) is 1.95. The highest BCUT2D eigenvalue weighted by Crippen LogP contribution is 2.33. The number of hydrogen-bond donors (Lipinski definition) is 4. The van der Waals surface area contributed by atoms with E-state index in [2.05, 4.69) is 5.43 Å². The number of methoxy groups -OCH3 is 1. The van der Waals surface area contributed by atoms with Crippen LogP contribution in [0.3, 0.4) is 0 Å². The minimum atomic E-state index is -1.24. The van der Waals surface area contributed by atoms with Crippen LogP contribution in [0.15, 0.2) is 39.9 Å². The first-order valence-electron chi connectivity index (χ1n) is 4.60. The highest BCUT2D eigenvalue weighted by Gasteiger charge is 2.13. The Balaban J connectivity index is 3.03. The molecule has 92 valence electrons. The molecule has 0 aliphatic heterocycles. The number of carboxylic acids is 1. The van der Waals surface area contributed by atoms with Crippen molar-refractivity contribution in [3.8, 4) is 5.75 Å². The number of benzene rings is 1. The Hall–Kier alpha value is -1.86. The second-order valence-electron chi connectivity index (χ2n) is 2.95. The summed E-state index contributed by atoms with van der Waals surface area (Å²) in [7, 11) is 1.53. The van der Waals surface area contributed by atoms with Gasteiger partial charge in [0.15, 0.2) is 0 Å². The van der Waals surface area contributed by atoms with Crippen LogP contribution in [-0.4, -0.2) is 18.2 Å². The number of carbonyl (C=O) groups is 1. The highest BCUT2D eigenvalue weighted by molar-refractivity contribution is 8.03. The van der Waals surface area contributed by atoms with Gasteiger partial charge < -0.3 is 21.0 Å². The van der Waals surface area contributed by atoms with Crippen molar-refractivity contribution in [3.05, 3.63) is 35.0 Å². The third-order valence-corrected chi connectivity index (χ3v) is 2.99. The second kappa shape index (κ2) is 6.02. The summed E-state index contributed by atoms with van der Waals surface area (Å²) in [6.45, 7) is 0. The number of carboxylic acid groups (broad SMARTS) is 1. The largest absolute Gasteiger partial charge is 0.496 e. The van der Waals surface area contributed by atoms with Gasteiger partial charge in [0.25, 0.3) is 0 Å². The number of hydrazine groups is 1. The normalized spacial score (nSPS) is 11.6. The van der Waals surface area contributed by atoms with E-state index in [4.69, 9.17) is 21.4 Å². The molecule has 0 saturated heterocycles. The van der Waals surface area contributed by atoms with Crippen molar-refractivity contribution in [3.63, 3.8) is 0 Å². The fraction of sp³-hybridized carbons (Fsp3) is 0.100. The molecule has 1 aromatic carbocycles. The minimum absolute atomic E-state index is 0.155. The minimum Gasteiger partial charge on any atom is -0.496 e. The van der Waals surface area contributed by atoms with E-state index in [1.54, 1.807) is 18.2 Å². The molecule has 1 rings (SSSR count). The van der Waals surface area contributed by atoms with Crippen LogP contribution < -0.4 is 21.7 Å². The van der Waals surface area contributed by atoms with Crippen molar-refractivity contribution in [1.29, 1.82) is 0 Å². The van der Waals surface area contributed by atoms with E-state index < -0.39 is 5.97 Å². The molecule has 0 aliphatic carbocycles. The summed E-state index contributed by atoms with van der Waals surface area (Å²) in [5.74, 6) is 4.62. The number of thioether (sulfide) groups is 1. The van der Waals surface area contributed by atoms with E-state index in [1.165, 1.54) is 7.11 Å². The topological polar surface area (TPSA) is 111 Å². The number of aliphatic carboxylic acids is 1. The van der Waals surface area contributed by atoms with Gasteiger partial charge >= 0.3 is 5.97 Å². The first-order valence-corrected chi connectivity index (χ1v) is 5.42. The molecule has 0 radical (unpaired) electrons. The molecule has 7 heteroatoms. The van der Waals surface area contributed by atoms with Gasteiger partial charge in [-0.3, -0.25) is 0 Å². The number of hydrogen-bond acceptors (Lipinski definition) is 6. The Kier molecular flexibility index (Phi) is 4.68. The number of nitrogens with one attached hydrogen (secondary N) is 1. The summed E-state index contributed by atoms with van der Waals surface area (Å²) >= 11 is 1.09. The molecular weight excluding hydrogens is 242 g/mol. The first kappa shape index (κ1) is 13.2. The monoisotopic (exact) mass is 255 g/mol. The third-order valence-electron chi connectivity index (χ3n) is 1.89. The number of nitrogens with two attached hydrogens (primary N) is 2. The Labute approximate surface area is 103 Å². The average Bonchev–Trinajstić information content (AvgIpc) is 2.35. The third kappa shape index (κ3) is 3.30. The maximum atomic E-state index is 10.7. The zero-order valence-electron chi connectivity index (χ0n) is 9.14. The molecule has 0 amide bonds. The zero-order valence-corrected chi connectivity index (χ0v) is 9.95. The molecule has 6 N–H and O–H groups in total. The van der Waals surface area contributed by atoms with Gasteiger partial charge in [0.2, 0.25) is 0 Å².